The molecule has 2 aromatic carbocycles. The van der Waals surface area contributed by atoms with Crippen molar-refractivity contribution in [2.75, 3.05) is 45.3 Å². The molecule has 0 aliphatic carbocycles. The van der Waals surface area contributed by atoms with Crippen LogP contribution >= 0.6 is 0 Å². The Morgan fingerprint density at radius 2 is 1.58 bits per heavy atom. The van der Waals surface area contributed by atoms with E-state index >= 15 is 0 Å². The summed E-state index contributed by atoms with van der Waals surface area (Å²) in [5.41, 5.74) is 3.92. The smallest absolute Gasteiger partial charge is 0.335 e. The molecule has 1 fully saturated rings. The Kier molecular flexibility index (Phi) is 6.65. The molecule has 1 aliphatic rings. The first kappa shape index (κ1) is 22.4. The SMILES string of the molecule is COc1cc(-c2cncc(O)c2)cc(OC)c1CN1CCN(c2ccc(C(=O)O)cc2)CC1. The number of benzene rings is 2. The van der Waals surface area contributed by atoms with Gasteiger partial charge in [-0.05, 0) is 48.0 Å². The molecule has 0 unspecified atom stereocenters. The number of carboxylic acid groups (broad SMARTS) is 1. The summed E-state index contributed by atoms with van der Waals surface area (Å²) in [6.07, 6.45) is 3.09. The van der Waals surface area contributed by atoms with Crippen LogP contribution in [0.5, 0.6) is 17.2 Å². The molecule has 0 atom stereocenters. The fourth-order valence-corrected chi connectivity index (χ4v) is 4.09. The second-order valence-corrected chi connectivity index (χ2v) is 7.91. The van der Waals surface area contributed by atoms with Crippen LogP contribution in [0.4, 0.5) is 5.69 Å². The van der Waals surface area contributed by atoms with Gasteiger partial charge in [-0.25, -0.2) is 4.79 Å². The van der Waals surface area contributed by atoms with Crippen molar-refractivity contribution in [2.45, 2.75) is 6.54 Å². The Balaban J connectivity index is 1.48. The van der Waals surface area contributed by atoms with Crippen LogP contribution in [-0.4, -0.2) is 66.5 Å². The van der Waals surface area contributed by atoms with Gasteiger partial charge in [0.15, 0.2) is 0 Å². The molecule has 33 heavy (non-hydrogen) atoms. The van der Waals surface area contributed by atoms with Crippen LogP contribution in [0.3, 0.4) is 0 Å². The third kappa shape index (κ3) is 5.01. The molecular formula is C25H27N3O5. The zero-order valence-electron chi connectivity index (χ0n) is 18.7. The largest absolute Gasteiger partial charge is 0.506 e. The standard InChI is InChI=1S/C25H27N3O5/c1-32-23-12-18(19-11-21(29)15-26-14-19)13-24(33-2)22(23)16-27-7-9-28(10-8-27)20-5-3-17(4-6-20)25(30)31/h3-6,11-15,29H,7-10,16H2,1-2H3,(H,30,31). The minimum atomic E-state index is -0.916. The van der Waals surface area contributed by atoms with Crippen LogP contribution in [0, 0.1) is 0 Å². The molecule has 0 amide bonds. The Morgan fingerprint density at radius 3 is 2.12 bits per heavy atom. The maximum Gasteiger partial charge on any atom is 0.335 e. The van der Waals surface area contributed by atoms with Crippen LogP contribution in [0.1, 0.15) is 15.9 Å². The predicted octanol–water partition coefficient (Wildman–Crippen LogP) is 3.49. The Labute approximate surface area is 192 Å². The van der Waals surface area contributed by atoms with Crippen LogP contribution < -0.4 is 14.4 Å². The molecule has 8 heteroatoms. The summed E-state index contributed by atoms with van der Waals surface area (Å²) in [6, 6.07) is 12.5. The number of methoxy groups -OCH3 is 2. The number of anilines is 1. The van der Waals surface area contributed by atoms with E-state index in [1.807, 2.05) is 24.3 Å². The average molecular weight is 450 g/mol. The third-order valence-corrected chi connectivity index (χ3v) is 5.90. The topological polar surface area (TPSA) is 95.4 Å². The summed E-state index contributed by atoms with van der Waals surface area (Å²) in [5, 5.41) is 18.9. The van der Waals surface area contributed by atoms with E-state index in [1.165, 1.54) is 6.20 Å². The van der Waals surface area contributed by atoms with Gasteiger partial charge in [0, 0.05) is 50.2 Å². The quantitative estimate of drug-likeness (QED) is 0.566. The average Bonchev–Trinajstić information content (AvgIpc) is 2.84. The number of pyridine rings is 1. The first-order valence-electron chi connectivity index (χ1n) is 10.7. The number of nitrogens with zero attached hydrogens (tertiary/aromatic N) is 3. The number of carboxylic acids is 1. The fraction of sp³-hybridized carbons (Fsp3) is 0.280. The molecule has 0 saturated carbocycles. The number of aromatic hydroxyl groups is 1. The summed E-state index contributed by atoms with van der Waals surface area (Å²) in [6.45, 7) is 4.06. The van der Waals surface area contributed by atoms with Gasteiger partial charge in [0.25, 0.3) is 0 Å². The van der Waals surface area contributed by atoms with Crippen molar-refractivity contribution < 1.29 is 24.5 Å². The second kappa shape index (κ2) is 9.79. The lowest BCUT2D eigenvalue weighted by molar-refractivity contribution is 0.0697. The van der Waals surface area contributed by atoms with Gasteiger partial charge >= 0.3 is 5.97 Å². The first-order valence-corrected chi connectivity index (χ1v) is 10.7. The highest BCUT2D eigenvalue weighted by Gasteiger charge is 2.22. The fourth-order valence-electron chi connectivity index (χ4n) is 4.09. The minimum Gasteiger partial charge on any atom is -0.506 e. The van der Waals surface area contributed by atoms with Crippen LogP contribution in [0.25, 0.3) is 11.1 Å². The molecule has 1 aliphatic heterocycles. The van der Waals surface area contributed by atoms with E-state index in [1.54, 1.807) is 38.6 Å². The van der Waals surface area contributed by atoms with Crippen molar-refractivity contribution in [2.24, 2.45) is 0 Å². The van der Waals surface area contributed by atoms with Crippen molar-refractivity contribution in [1.29, 1.82) is 0 Å². The highest BCUT2D eigenvalue weighted by molar-refractivity contribution is 5.88. The van der Waals surface area contributed by atoms with E-state index in [2.05, 4.69) is 14.8 Å². The Bertz CT molecular complexity index is 1100. The third-order valence-electron chi connectivity index (χ3n) is 5.90. The predicted molar refractivity (Wildman–Crippen MR) is 125 cm³/mol. The van der Waals surface area contributed by atoms with E-state index in [9.17, 15) is 9.90 Å². The summed E-state index contributed by atoms with van der Waals surface area (Å²) in [4.78, 5) is 19.7. The summed E-state index contributed by atoms with van der Waals surface area (Å²) < 4.78 is 11.4. The molecule has 0 spiro atoms. The number of aromatic carboxylic acids is 1. The molecule has 8 nitrogen and oxygen atoms in total. The van der Waals surface area contributed by atoms with Gasteiger partial charge in [-0.15, -0.1) is 0 Å². The van der Waals surface area contributed by atoms with Gasteiger partial charge in [0.1, 0.15) is 17.2 Å². The number of carbonyl (C=O) groups is 1. The van der Waals surface area contributed by atoms with Crippen molar-refractivity contribution >= 4 is 11.7 Å². The lowest BCUT2D eigenvalue weighted by Crippen LogP contribution is -2.46. The van der Waals surface area contributed by atoms with Crippen LogP contribution in [0.15, 0.2) is 54.9 Å². The van der Waals surface area contributed by atoms with E-state index < -0.39 is 5.97 Å². The number of hydrogen-bond donors (Lipinski definition) is 2. The van der Waals surface area contributed by atoms with Gasteiger partial charge in [-0.2, -0.15) is 0 Å². The maximum atomic E-state index is 11.1. The molecule has 1 saturated heterocycles. The molecule has 0 bridgehead atoms. The van der Waals surface area contributed by atoms with Gasteiger partial charge in [-0.1, -0.05) is 0 Å². The van der Waals surface area contributed by atoms with Gasteiger partial charge in [0.05, 0.1) is 31.5 Å². The molecule has 0 radical (unpaired) electrons. The van der Waals surface area contributed by atoms with Crippen LogP contribution in [0.2, 0.25) is 0 Å². The van der Waals surface area contributed by atoms with Crippen molar-refractivity contribution in [3.63, 3.8) is 0 Å². The van der Waals surface area contributed by atoms with E-state index in [-0.39, 0.29) is 5.75 Å². The summed E-state index contributed by atoms with van der Waals surface area (Å²) in [5.74, 6) is 0.629. The van der Waals surface area contributed by atoms with Gasteiger partial charge in [-0.3, -0.25) is 9.88 Å². The van der Waals surface area contributed by atoms with Gasteiger partial charge in [0.2, 0.25) is 0 Å². The van der Waals surface area contributed by atoms with E-state index in [0.717, 1.165) is 60.1 Å². The highest BCUT2D eigenvalue weighted by Crippen LogP contribution is 2.36. The van der Waals surface area contributed by atoms with Crippen LogP contribution in [-0.2, 0) is 6.54 Å². The lowest BCUT2D eigenvalue weighted by atomic mass is 10.0. The number of rotatable bonds is 7. The van der Waals surface area contributed by atoms with Gasteiger partial charge < -0.3 is 24.6 Å². The Hall–Kier alpha value is -3.78. The van der Waals surface area contributed by atoms with Crippen molar-refractivity contribution in [1.82, 2.24) is 9.88 Å². The molecule has 3 aromatic rings. The van der Waals surface area contributed by atoms with E-state index in [4.69, 9.17) is 14.6 Å². The van der Waals surface area contributed by atoms with Crippen molar-refractivity contribution in [3.8, 4) is 28.4 Å². The molecule has 1 aromatic heterocycles. The van der Waals surface area contributed by atoms with Crippen molar-refractivity contribution in [3.05, 3.63) is 66.0 Å². The van der Waals surface area contributed by atoms with E-state index in [0.29, 0.717) is 12.1 Å². The number of aromatic nitrogens is 1. The monoisotopic (exact) mass is 449 g/mol. The molecule has 172 valence electrons. The number of ether oxygens (including phenoxy) is 2. The zero-order valence-corrected chi connectivity index (χ0v) is 18.7. The number of hydrogen-bond acceptors (Lipinski definition) is 7. The summed E-state index contributed by atoms with van der Waals surface area (Å²) in [7, 11) is 3.28. The first-order chi connectivity index (χ1) is 16.0. The molecular weight excluding hydrogens is 422 g/mol. The number of piperazine rings is 1. The maximum absolute atomic E-state index is 11.1. The molecule has 2 heterocycles. The Morgan fingerprint density at radius 1 is 0.939 bits per heavy atom. The summed E-state index contributed by atoms with van der Waals surface area (Å²) >= 11 is 0. The second-order valence-electron chi connectivity index (χ2n) is 7.91. The molecule has 2 N–H and O–H groups in total. The molecule has 4 rings (SSSR count). The zero-order chi connectivity index (χ0) is 23.4. The minimum absolute atomic E-state index is 0.102. The normalized spacial score (nSPS) is 14.2. The highest BCUT2D eigenvalue weighted by atomic mass is 16.5. The lowest BCUT2D eigenvalue weighted by Gasteiger charge is -2.36.